The molecular formula is C16H32ClNOS2. The van der Waals surface area contributed by atoms with Gasteiger partial charge in [-0.3, -0.25) is 0 Å². The molecule has 1 saturated carbocycles. The van der Waals surface area contributed by atoms with Crippen LogP contribution in [0.2, 0.25) is 0 Å². The van der Waals surface area contributed by atoms with Gasteiger partial charge in [0.1, 0.15) is 0 Å². The smallest absolute Gasteiger partial charge is 0.0928 e. The quantitative estimate of drug-likeness (QED) is 0.741. The fraction of sp³-hybridized carbons (Fsp3) is 1.00. The van der Waals surface area contributed by atoms with Crippen molar-refractivity contribution < 1.29 is 5.11 Å². The Bertz CT molecular complexity index is 276. The number of nitrogens with two attached hydrogens (primary N) is 1. The lowest BCUT2D eigenvalue weighted by atomic mass is 9.83. The van der Waals surface area contributed by atoms with Crippen molar-refractivity contribution in [1.29, 1.82) is 0 Å². The monoisotopic (exact) mass is 353 g/mol. The van der Waals surface area contributed by atoms with Gasteiger partial charge in [0.25, 0.3) is 0 Å². The van der Waals surface area contributed by atoms with Crippen molar-refractivity contribution in [3.63, 3.8) is 0 Å². The average Bonchev–Trinajstić information content (AvgIpc) is 2.48. The lowest BCUT2D eigenvalue weighted by Crippen LogP contribution is -2.50. The Morgan fingerprint density at radius 1 is 1.14 bits per heavy atom. The molecule has 2 nitrogen and oxygen atoms in total. The van der Waals surface area contributed by atoms with Crippen LogP contribution in [0.1, 0.15) is 64.7 Å². The number of thioether (sulfide) groups is 2. The first-order valence-electron chi connectivity index (χ1n) is 8.39. The molecule has 3 N–H and O–H groups in total. The van der Waals surface area contributed by atoms with Crippen LogP contribution in [0.3, 0.4) is 0 Å². The van der Waals surface area contributed by atoms with E-state index in [4.69, 9.17) is 5.73 Å². The second-order valence-corrected chi connectivity index (χ2v) is 9.57. The molecule has 0 aromatic rings. The van der Waals surface area contributed by atoms with Crippen LogP contribution in [0.15, 0.2) is 0 Å². The van der Waals surface area contributed by atoms with Gasteiger partial charge in [0.2, 0.25) is 0 Å². The van der Waals surface area contributed by atoms with Crippen LogP contribution < -0.4 is 5.73 Å². The molecule has 1 aliphatic carbocycles. The number of hydrogen-bond donors (Lipinski definition) is 2. The van der Waals surface area contributed by atoms with E-state index in [-0.39, 0.29) is 28.6 Å². The zero-order valence-corrected chi connectivity index (χ0v) is 15.7. The summed E-state index contributed by atoms with van der Waals surface area (Å²) in [7, 11) is 0. The van der Waals surface area contributed by atoms with Crippen LogP contribution in [-0.4, -0.2) is 32.8 Å². The maximum absolute atomic E-state index is 10.9. The summed E-state index contributed by atoms with van der Waals surface area (Å²) in [6.07, 6.45) is 10.9. The van der Waals surface area contributed by atoms with E-state index in [0.717, 1.165) is 25.2 Å². The third kappa shape index (κ3) is 5.49. The predicted octanol–water partition coefficient (Wildman–Crippen LogP) is 4.43. The Balaban J connectivity index is 0.00000220. The van der Waals surface area contributed by atoms with Crippen LogP contribution in [-0.2, 0) is 0 Å². The highest BCUT2D eigenvalue weighted by atomic mass is 35.5. The average molecular weight is 354 g/mol. The van der Waals surface area contributed by atoms with E-state index in [1.807, 2.05) is 23.5 Å². The van der Waals surface area contributed by atoms with Crippen LogP contribution in [0.25, 0.3) is 0 Å². The molecule has 5 heteroatoms. The highest BCUT2D eigenvalue weighted by Gasteiger charge is 2.43. The summed E-state index contributed by atoms with van der Waals surface area (Å²) < 4.78 is -0.0267. The number of hydrogen-bond acceptors (Lipinski definition) is 4. The number of halogens is 1. The molecule has 0 aromatic carbocycles. The Morgan fingerprint density at radius 2 is 1.76 bits per heavy atom. The lowest BCUT2D eigenvalue weighted by Gasteiger charge is -2.43. The predicted molar refractivity (Wildman–Crippen MR) is 99.6 cm³/mol. The fourth-order valence-electron chi connectivity index (χ4n) is 3.66. The van der Waals surface area contributed by atoms with Gasteiger partial charge in [-0.1, -0.05) is 45.4 Å². The SMILES string of the molecule is CCCC1(C(O)[C@@H](N)CC2CCCCC2)SCCCS1.Cl. The summed E-state index contributed by atoms with van der Waals surface area (Å²) in [6, 6.07) is -0.0391. The van der Waals surface area contributed by atoms with Gasteiger partial charge in [-0.2, -0.15) is 0 Å². The minimum absolute atomic E-state index is 0. The summed E-state index contributed by atoms with van der Waals surface area (Å²) in [4.78, 5) is 0. The van der Waals surface area contributed by atoms with Gasteiger partial charge in [0, 0.05) is 6.04 Å². The molecular weight excluding hydrogens is 322 g/mol. The third-order valence-electron chi connectivity index (χ3n) is 4.77. The van der Waals surface area contributed by atoms with Crippen LogP contribution in [0.5, 0.6) is 0 Å². The van der Waals surface area contributed by atoms with Gasteiger partial charge >= 0.3 is 0 Å². The molecule has 21 heavy (non-hydrogen) atoms. The molecule has 2 atom stereocenters. The van der Waals surface area contributed by atoms with Crippen molar-refractivity contribution in [2.45, 2.75) is 80.9 Å². The molecule has 0 amide bonds. The van der Waals surface area contributed by atoms with Crippen LogP contribution in [0, 0.1) is 5.92 Å². The van der Waals surface area contributed by atoms with E-state index < -0.39 is 0 Å². The molecule has 0 aromatic heterocycles. The summed E-state index contributed by atoms with van der Waals surface area (Å²) in [5, 5.41) is 10.9. The van der Waals surface area contributed by atoms with Crippen molar-refractivity contribution in [2.75, 3.05) is 11.5 Å². The van der Waals surface area contributed by atoms with Gasteiger partial charge in [0.05, 0.1) is 10.2 Å². The Morgan fingerprint density at radius 3 is 2.33 bits per heavy atom. The van der Waals surface area contributed by atoms with Gasteiger partial charge in [-0.05, 0) is 36.7 Å². The molecule has 1 saturated heterocycles. The molecule has 1 unspecified atom stereocenters. The second-order valence-electron chi connectivity index (χ2n) is 6.46. The summed E-state index contributed by atoms with van der Waals surface area (Å²) >= 11 is 3.93. The highest BCUT2D eigenvalue weighted by molar-refractivity contribution is 8.18. The fourth-order valence-corrected chi connectivity index (χ4v) is 7.34. The molecule has 1 aliphatic heterocycles. The van der Waals surface area contributed by atoms with Gasteiger partial charge < -0.3 is 10.8 Å². The van der Waals surface area contributed by atoms with E-state index in [2.05, 4.69) is 6.92 Å². The van der Waals surface area contributed by atoms with Gasteiger partial charge in [0.15, 0.2) is 0 Å². The number of aliphatic hydroxyl groups is 1. The van der Waals surface area contributed by atoms with E-state index in [9.17, 15) is 5.11 Å². The zero-order valence-electron chi connectivity index (χ0n) is 13.3. The molecule has 0 radical (unpaired) electrons. The lowest BCUT2D eigenvalue weighted by molar-refractivity contribution is 0.111. The van der Waals surface area contributed by atoms with E-state index in [0.29, 0.717) is 0 Å². The third-order valence-corrected chi connectivity index (χ3v) is 8.33. The molecule has 2 fully saturated rings. The minimum Gasteiger partial charge on any atom is -0.389 e. The minimum atomic E-state index is -0.348. The Hall–Kier alpha value is 0.910. The summed E-state index contributed by atoms with van der Waals surface area (Å²) in [5.74, 6) is 3.12. The second kappa shape index (κ2) is 9.92. The molecule has 0 bridgehead atoms. The normalized spacial score (nSPS) is 25.9. The molecule has 2 rings (SSSR count). The molecule has 126 valence electrons. The van der Waals surface area contributed by atoms with E-state index in [1.54, 1.807) is 0 Å². The topological polar surface area (TPSA) is 46.2 Å². The Labute approximate surface area is 145 Å². The number of rotatable bonds is 6. The van der Waals surface area contributed by atoms with Crippen LogP contribution in [0.4, 0.5) is 0 Å². The Kier molecular flexibility index (Phi) is 9.42. The highest BCUT2D eigenvalue weighted by Crippen LogP contribution is 2.49. The summed E-state index contributed by atoms with van der Waals surface area (Å²) in [5.41, 5.74) is 6.42. The van der Waals surface area contributed by atoms with Crippen molar-refractivity contribution in [3.8, 4) is 0 Å². The maximum atomic E-state index is 10.9. The van der Waals surface area contributed by atoms with Crippen molar-refractivity contribution in [1.82, 2.24) is 0 Å². The largest absolute Gasteiger partial charge is 0.389 e. The van der Waals surface area contributed by atoms with Crippen molar-refractivity contribution in [3.05, 3.63) is 0 Å². The first-order chi connectivity index (χ1) is 9.68. The zero-order chi connectivity index (χ0) is 14.4. The van der Waals surface area contributed by atoms with Gasteiger partial charge in [-0.15, -0.1) is 35.9 Å². The molecule has 0 spiro atoms. The van der Waals surface area contributed by atoms with Crippen molar-refractivity contribution >= 4 is 35.9 Å². The van der Waals surface area contributed by atoms with E-state index >= 15 is 0 Å². The van der Waals surface area contributed by atoms with Crippen LogP contribution >= 0.6 is 35.9 Å². The maximum Gasteiger partial charge on any atom is 0.0928 e. The molecule has 1 heterocycles. The first kappa shape index (κ1) is 20.0. The van der Waals surface area contributed by atoms with Crippen molar-refractivity contribution in [2.24, 2.45) is 11.7 Å². The van der Waals surface area contributed by atoms with Gasteiger partial charge in [-0.25, -0.2) is 0 Å². The first-order valence-corrected chi connectivity index (χ1v) is 10.4. The number of aliphatic hydroxyl groups excluding tert-OH is 1. The molecule has 2 aliphatic rings. The summed E-state index contributed by atoms with van der Waals surface area (Å²) in [6.45, 7) is 2.22. The standard InChI is InChI=1S/C16H31NOS2.ClH/c1-2-9-16(19-10-6-11-20-16)15(18)14(17)12-13-7-4-3-5-8-13;/h13-15,18H,2-12,17H2,1H3;1H/t14-,15?;/m0./s1. The van der Waals surface area contributed by atoms with E-state index in [1.165, 1.54) is 50.0 Å².